The third-order valence-electron chi connectivity index (χ3n) is 3.27. The molecule has 1 N–H and O–H groups in total. The predicted octanol–water partition coefficient (Wildman–Crippen LogP) is 3.07. The quantitative estimate of drug-likeness (QED) is 0.805. The molecule has 1 saturated carbocycles. The highest BCUT2D eigenvalue weighted by molar-refractivity contribution is 5.25. The van der Waals surface area contributed by atoms with Crippen molar-refractivity contribution in [2.75, 3.05) is 6.61 Å². The predicted molar refractivity (Wildman–Crippen MR) is 73.8 cm³/mol. The van der Waals surface area contributed by atoms with Gasteiger partial charge < -0.3 is 10.1 Å². The van der Waals surface area contributed by atoms with E-state index in [0.717, 1.165) is 37.2 Å². The summed E-state index contributed by atoms with van der Waals surface area (Å²) in [4.78, 5) is 4.51. The van der Waals surface area contributed by atoms with Gasteiger partial charge in [-0.1, -0.05) is 19.9 Å². The molecule has 3 nitrogen and oxygen atoms in total. The van der Waals surface area contributed by atoms with Crippen molar-refractivity contribution < 1.29 is 4.74 Å². The molecule has 0 unspecified atom stereocenters. The van der Waals surface area contributed by atoms with Gasteiger partial charge in [0.1, 0.15) is 0 Å². The fourth-order valence-corrected chi connectivity index (χ4v) is 1.78. The summed E-state index contributed by atoms with van der Waals surface area (Å²) in [5.41, 5.74) is 2.35. The normalized spacial score (nSPS) is 15.1. The van der Waals surface area contributed by atoms with E-state index in [9.17, 15) is 0 Å². The molecule has 2 rings (SSSR count). The van der Waals surface area contributed by atoms with Gasteiger partial charge >= 0.3 is 0 Å². The van der Waals surface area contributed by atoms with Crippen LogP contribution < -0.4 is 10.1 Å². The van der Waals surface area contributed by atoms with Crippen LogP contribution >= 0.6 is 0 Å². The zero-order valence-corrected chi connectivity index (χ0v) is 11.7. The smallest absolute Gasteiger partial charge is 0.213 e. The van der Waals surface area contributed by atoms with Gasteiger partial charge in [-0.15, -0.1) is 0 Å². The van der Waals surface area contributed by atoms with Crippen LogP contribution in [-0.4, -0.2) is 17.6 Å². The number of hydrogen-bond donors (Lipinski definition) is 1. The van der Waals surface area contributed by atoms with Crippen molar-refractivity contribution in [3.8, 4) is 5.88 Å². The van der Waals surface area contributed by atoms with E-state index in [1.54, 1.807) is 0 Å². The number of aryl methyl sites for hydroxylation is 1. The molecule has 0 aliphatic heterocycles. The van der Waals surface area contributed by atoms with Crippen molar-refractivity contribution in [3.63, 3.8) is 0 Å². The topological polar surface area (TPSA) is 34.1 Å². The van der Waals surface area contributed by atoms with Gasteiger partial charge in [0.25, 0.3) is 0 Å². The maximum Gasteiger partial charge on any atom is 0.213 e. The Morgan fingerprint density at radius 1 is 1.39 bits per heavy atom. The van der Waals surface area contributed by atoms with Gasteiger partial charge in [0.2, 0.25) is 5.88 Å². The molecule has 0 saturated heterocycles. The molecule has 0 bridgehead atoms. The van der Waals surface area contributed by atoms with Crippen LogP contribution in [0.25, 0.3) is 0 Å². The number of ether oxygens (including phenoxy) is 1. The van der Waals surface area contributed by atoms with E-state index in [4.69, 9.17) is 4.74 Å². The molecule has 3 heteroatoms. The van der Waals surface area contributed by atoms with Crippen LogP contribution in [0.4, 0.5) is 0 Å². The fraction of sp³-hybridized carbons (Fsp3) is 0.667. The Kier molecular flexibility index (Phi) is 4.59. The lowest BCUT2D eigenvalue weighted by molar-refractivity contribution is 0.279. The van der Waals surface area contributed by atoms with Gasteiger partial charge in [-0.05, 0) is 37.7 Å². The first-order chi connectivity index (χ1) is 8.65. The summed E-state index contributed by atoms with van der Waals surface area (Å²) >= 11 is 0. The molecule has 0 radical (unpaired) electrons. The molecular weight excluding hydrogens is 224 g/mol. The molecule has 0 amide bonds. The average molecular weight is 248 g/mol. The largest absolute Gasteiger partial charge is 0.478 e. The third-order valence-corrected chi connectivity index (χ3v) is 3.27. The highest BCUT2D eigenvalue weighted by Crippen LogP contribution is 2.20. The zero-order valence-electron chi connectivity index (χ0n) is 11.7. The Balaban J connectivity index is 1.83. The van der Waals surface area contributed by atoms with E-state index in [2.05, 4.69) is 37.1 Å². The van der Waals surface area contributed by atoms with Gasteiger partial charge in [-0.3, -0.25) is 0 Å². The van der Waals surface area contributed by atoms with Crippen molar-refractivity contribution in [2.24, 2.45) is 5.92 Å². The molecule has 1 aliphatic carbocycles. The minimum atomic E-state index is 0.674. The standard InChI is InChI=1S/C15H24N2O/c1-11(2)8-9-18-15-7-4-13(12(3)17-15)10-16-14-5-6-14/h4,7,11,14,16H,5-6,8-10H2,1-3H3. The second kappa shape index (κ2) is 6.19. The molecule has 0 spiro atoms. The highest BCUT2D eigenvalue weighted by atomic mass is 16.5. The monoisotopic (exact) mass is 248 g/mol. The molecule has 1 fully saturated rings. The van der Waals surface area contributed by atoms with Crippen LogP contribution in [-0.2, 0) is 6.54 Å². The van der Waals surface area contributed by atoms with E-state index in [1.165, 1.54) is 18.4 Å². The lowest BCUT2D eigenvalue weighted by atomic mass is 10.1. The van der Waals surface area contributed by atoms with Crippen molar-refractivity contribution in [2.45, 2.75) is 52.6 Å². The first kappa shape index (κ1) is 13.3. The number of hydrogen-bond acceptors (Lipinski definition) is 3. The van der Waals surface area contributed by atoms with Crippen LogP contribution in [0.5, 0.6) is 5.88 Å². The van der Waals surface area contributed by atoms with E-state index < -0.39 is 0 Å². The van der Waals surface area contributed by atoms with Crippen molar-refractivity contribution in [1.29, 1.82) is 0 Å². The first-order valence-electron chi connectivity index (χ1n) is 6.98. The van der Waals surface area contributed by atoms with E-state index in [1.807, 2.05) is 6.07 Å². The number of aromatic nitrogens is 1. The first-order valence-corrected chi connectivity index (χ1v) is 6.98. The maximum atomic E-state index is 5.66. The Morgan fingerprint density at radius 2 is 2.17 bits per heavy atom. The van der Waals surface area contributed by atoms with Gasteiger partial charge in [0.15, 0.2) is 0 Å². The lowest BCUT2D eigenvalue weighted by Crippen LogP contribution is -2.16. The van der Waals surface area contributed by atoms with E-state index in [-0.39, 0.29) is 0 Å². The highest BCUT2D eigenvalue weighted by Gasteiger charge is 2.20. The number of nitrogens with one attached hydrogen (secondary N) is 1. The molecule has 18 heavy (non-hydrogen) atoms. The van der Waals surface area contributed by atoms with Gasteiger partial charge in [0, 0.05) is 24.3 Å². The Morgan fingerprint density at radius 3 is 2.78 bits per heavy atom. The third kappa shape index (κ3) is 4.30. The van der Waals surface area contributed by atoms with E-state index >= 15 is 0 Å². The van der Waals surface area contributed by atoms with Crippen molar-refractivity contribution in [3.05, 3.63) is 23.4 Å². The van der Waals surface area contributed by atoms with Gasteiger partial charge in [-0.2, -0.15) is 0 Å². The number of rotatable bonds is 7. The molecule has 1 aliphatic rings. The number of nitrogens with zero attached hydrogens (tertiary/aromatic N) is 1. The van der Waals surface area contributed by atoms with Gasteiger partial charge in [-0.25, -0.2) is 4.98 Å². The molecule has 100 valence electrons. The van der Waals surface area contributed by atoms with Crippen molar-refractivity contribution in [1.82, 2.24) is 10.3 Å². The average Bonchev–Trinajstić information content (AvgIpc) is 3.11. The summed E-state index contributed by atoms with van der Waals surface area (Å²) in [7, 11) is 0. The van der Waals surface area contributed by atoms with Crippen LogP contribution in [0.1, 0.15) is 44.4 Å². The van der Waals surface area contributed by atoms with Crippen LogP contribution in [0.15, 0.2) is 12.1 Å². The minimum absolute atomic E-state index is 0.674. The Bertz CT molecular complexity index is 386. The van der Waals surface area contributed by atoms with Crippen molar-refractivity contribution >= 4 is 0 Å². The summed E-state index contributed by atoms with van der Waals surface area (Å²) < 4.78 is 5.66. The van der Waals surface area contributed by atoms with Crippen LogP contribution in [0, 0.1) is 12.8 Å². The summed E-state index contributed by atoms with van der Waals surface area (Å²) in [5, 5.41) is 3.51. The Labute approximate surface area is 110 Å². The van der Waals surface area contributed by atoms with Crippen LogP contribution in [0.2, 0.25) is 0 Å². The molecule has 0 atom stereocenters. The fourth-order valence-electron chi connectivity index (χ4n) is 1.78. The second-order valence-corrected chi connectivity index (χ2v) is 5.58. The molecule has 0 aromatic carbocycles. The number of pyridine rings is 1. The van der Waals surface area contributed by atoms with E-state index in [0.29, 0.717) is 5.92 Å². The molecule has 1 heterocycles. The minimum Gasteiger partial charge on any atom is -0.478 e. The van der Waals surface area contributed by atoms with Crippen LogP contribution in [0.3, 0.4) is 0 Å². The summed E-state index contributed by atoms with van der Waals surface area (Å²) in [5.74, 6) is 1.43. The molecular formula is C15H24N2O. The summed E-state index contributed by atoms with van der Waals surface area (Å²) in [6.45, 7) is 8.14. The summed E-state index contributed by atoms with van der Waals surface area (Å²) in [6.07, 6.45) is 3.72. The lowest BCUT2D eigenvalue weighted by Gasteiger charge is -2.10. The maximum absolute atomic E-state index is 5.66. The van der Waals surface area contributed by atoms with Gasteiger partial charge in [0.05, 0.1) is 6.61 Å². The summed E-state index contributed by atoms with van der Waals surface area (Å²) in [6, 6.07) is 4.85. The second-order valence-electron chi connectivity index (χ2n) is 5.58. The molecule has 1 aromatic rings. The SMILES string of the molecule is Cc1nc(OCCC(C)C)ccc1CNC1CC1. The zero-order chi connectivity index (χ0) is 13.0. The Hall–Kier alpha value is -1.09. The molecule has 1 aromatic heterocycles.